The molecule has 0 spiro atoms. The normalized spacial score (nSPS) is 22.5. The summed E-state index contributed by atoms with van der Waals surface area (Å²) in [5.74, 6) is -4.20. The van der Waals surface area contributed by atoms with Gasteiger partial charge >= 0.3 is 0 Å². The summed E-state index contributed by atoms with van der Waals surface area (Å²) < 4.78 is 45.0. The maximum absolute atomic E-state index is 13.6. The summed E-state index contributed by atoms with van der Waals surface area (Å²) in [4.78, 5) is 2.04. The highest BCUT2D eigenvalue weighted by atomic mass is 19.2. The molecule has 1 aliphatic rings. The molecule has 1 fully saturated rings. The van der Waals surface area contributed by atoms with Gasteiger partial charge in [0, 0.05) is 18.7 Å². The van der Waals surface area contributed by atoms with E-state index in [0.717, 1.165) is 25.2 Å². The second kappa shape index (κ2) is 5.90. The van der Waals surface area contributed by atoms with Gasteiger partial charge < -0.3 is 9.84 Å². The Labute approximate surface area is 109 Å². The molecule has 0 aromatic heterocycles. The van der Waals surface area contributed by atoms with Crippen molar-refractivity contribution >= 4 is 0 Å². The lowest BCUT2D eigenvalue weighted by Gasteiger charge is -2.34. The molecule has 6 heteroatoms. The van der Waals surface area contributed by atoms with E-state index < -0.39 is 29.7 Å². The van der Waals surface area contributed by atoms with Crippen molar-refractivity contribution in [3.8, 4) is 0 Å². The number of aliphatic hydroxyl groups is 1. The predicted octanol–water partition coefficient (Wildman–Crippen LogP) is 1.86. The summed E-state index contributed by atoms with van der Waals surface area (Å²) in [5.41, 5.74) is -0.276. The molecule has 0 saturated carbocycles. The van der Waals surface area contributed by atoms with Crippen LogP contribution >= 0.6 is 0 Å². The Kier molecular flexibility index (Phi) is 4.44. The molecule has 2 unspecified atom stereocenters. The molecule has 0 radical (unpaired) electrons. The molecule has 1 aromatic rings. The summed E-state index contributed by atoms with van der Waals surface area (Å²) >= 11 is 0. The van der Waals surface area contributed by atoms with E-state index >= 15 is 0 Å². The average molecular weight is 275 g/mol. The zero-order valence-corrected chi connectivity index (χ0v) is 10.6. The summed E-state index contributed by atoms with van der Waals surface area (Å²) in [6.45, 7) is 4.33. The lowest BCUT2D eigenvalue weighted by Crippen LogP contribution is -2.45. The van der Waals surface area contributed by atoms with Crippen LogP contribution in [0.2, 0.25) is 0 Å². The molecule has 0 aliphatic carbocycles. The van der Waals surface area contributed by atoms with Crippen LogP contribution in [0.4, 0.5) is 13.2 Å². The fourth-order valence-electron chi connectivity index (χ4n) is 2.18. The van der Waals surface area contributed by atoms with Gasteiger partial charge in [-0.2, -0.15) is 0 Å². The van der Waals surface area contributed by atoms with Crippen molar-refractivity contribution in [3.63, 3.8) is 0 Å². The number of rotatable bonds is 3. The Hall–Kier alpha value is -1.11. The summed E-state index contributed by atoms with van der Waals surface area (Å²) in [5, 5.41) is 10.1. The highest BCUT2D eigenvalue weighted by Crippen LogP contribution is 2.26. The largest absolute Gasteiger partial charge is 0.386 e. The van der Waals surface area contributed by atoms with Crippen LogP contribution in [0.5, 0.6) is 0 Å². The zero-order valence-electron chi connectivity index (χ0n) is 10.6. The third-order valence-electron chi connectivity index (χ3n) is 3.36. The molecule has 0 bridgehead atoms. The molecule has 2 rings (SSSR count). The first-order valence-electron chi connectivity index (χ1n) is 6.20. The average Bonchev–Trinajstić information content (AvgIpc) is 2.44. The van der Waals surface area contributed by atoms with E-state index in [1.165, 1.54) is 0 Å². The van der Waals surface area contributed by atoms with Crippen molar-refractivity contribution in [2.24, 2.45) is 0 Å². The van der Waals surface area contributed by atoms with Gasteiger partial charge in [0.15, 0.2) is 17.5 Å². The van der Waals surface area contributed by atoms with Gasteiger partial charge in [-0.15, -0.1) is 0 Å². The third-order valence-corrected chi connectivity index (χ3v) is 3.36. The Bertz CT molecular complexity index is 456. The number of hydrogen-bond donors (Lipinski definition) is 1. The Morgan fingerprint density at radius 2 is 2.11 bits per heavy atom. The third kappa shape index (κ3) is 2.91. The van der Waals surface area contributed by atoms with Crippen molar-refractivity contribution in [2.75, 3.05) is 26.2 Å². The van der Waals surface area contributed by atoms with Crippen LogP contribution in [0, 0.1) is 17.5 Å². The topological polar surface area (TPSA) is 32.7 Å². The van der Waals surface area contributed by atoms with E-state index in [9.17, 15) is 18.3 Å². The maximum Gasteiger partial charge on any atom is 0.194 e. The van der Waals surface area contributed by atoms with Crippen LogP contribution in [-0.4, -0.2) is 42.4 Å². The van der Waals surface area contributed by atoms with Crippen molar-refractivity contribution in [3.05, 3.63) is 35.1 Å². The SMILES string of the molecule is CCN1CCOC(C(O)c2ccc(F)c(F)c2F)C1. The van der Waals surface area contributed by atoms with Crippen molar-refractivity contribution in [2.45, 2.75) is 19.1 Å². The van der Waals surface area contributed by atoms with E-state index in [1.54, 1.807) is 0 Å². The highest BCUT2D eigenvalue weighted by molar-refractivity contribution is 5.23. The highest BCUT2D eigenvalue weighted by Gasteiger charge is 2.30. The zero-order chi connectivity index (χ0) is 14.0. The van der Waals surface area contributed by atoms with Gasteiger partial charge in [-0.25, -0.2) is 13.2 Å². The molecule has 1 aromatic carbocycles. The van der Waals surface area contributed by atoms with Crippen molar-refractivity contribution in [1.82, 2.24) is 4.90 Å². The molecular weight excluding hydrogens is 259 g/mol. The first kappa shape index (κ1) is 14.3. The number of ether oxygens (including phenoxy) is 1. The van der Waals surface area contributed by atoms with Crippen LogP contribution < -0.4 is 0 Å². The summed E-state index contributed by atoms with van der Waals surface area (Å²) in [6.07, 6.45) is -1.96. The fraction of sp³-hybridized carbons (Fsp3) is 0.538. The van der Waals surface area contributed by atoms with E-state index in [2.05, 4.69) is 0 Å². The van der Waals surface area contributed by atoms with Crippen LogP contribution in [0.25, 0.3) is 0 Å². The molecule has 19 heavy (non-hydrogen) atoms. The first-order chi connectivity index (χ1) is 9.04. The van der Waals surface area contributed by atoms with E-state index in [-0.39, 0.29) is 5.56 Å². The smallest absolute Gasteiger partial charge is 0.194 e. The van der Waals surface area contributed by atoms with Gasteiger partial charge in [-0.1, -0.05) is 13.0 Å². The number of likely N-dealkylation sites (N-methyl/N-ethyl adjacent to an activating group) is 1. The van der Waals surface area contributed by atoms with Gasteiger partial charge in [0.05, 0.1) is 6.61 Å². The van der Waals surface area contributed by atoms with Crippen molar-refractivity contribution < 1.29 is 23.0 Å². The van der Waals surface area contributed by atoms with E-state index in [4.69, 9.17) is 4.74 Å². The molecule has 106 valence electrons. The van der Waals surface area contributed by atoms with E-state index in [0.29, 0.717) is 13.2 Å². The minimum absolute atomic E-state index is 0.276. The fourth-order valence-corrected chi connectivity index (χ4v) is 2.18. The first-order valence-corrected chi connectivity index (χ1v) is 6.20. The molecule has 3 nitrogen and oxygen atoms in total. The number of morpholine rings is 1. The Balaban J connectivity index is 2.19. The molecular formula is C13H16F3NO2. The number of benzene rings is 1. The predicted molar refractivity (Wildman–Crippen MR) is 63.1 cm³/mol. The van der Waals surface area contributed by atoms with Gasteiger partial charge in [0.2, 0.25) is 0 Å². The summed E-state index contributed by atoms with van der Waals surface area (Å²) in [6, 6.07) is 1.85. The minimum atomic E-state index is -1.57. The second-order valence-electron chi connectivity index (χ2n) is 4.51. The summed E-state index contributed by atoms with van der Waals surface area (Å²) in [7, 11) is 0. The molecule has 1 N–H and O–H groups in total. The molecule has 0 amide bonds. The standard InChI is InChI=1S/C13H16F3NO2/c1-2-17-5-6-19-10(7-17)13(18)8-3-4-9(14)12(16)11(8)15/h3-4,10,13,18H,2,5-7H2,1H3. The second-order valence-corrected chi connectivity index (χ2v) is 4.51. The molecule has 1 aliphatic heterocycles. The number of nitrogens with zero attached hydrogens (tertiary/aromatic N) is 1. The van der Waals surface area contributed by atoms with Crippen LogP contribution in [0.1, 0.15) is 18.6 Å². The van der Waals surface area contributed by atoms with Gasteiger partial charge in [-0.05, 0) is 12.6 Å². The van der Waals surface area contributed by atoms with Crippen LogP contribution in [-0.2, 0) is 4.74 Å². The number of aliphatic hydroxyl groups excluding tert-OH is 1. The number of halogens is 3. The monoisotopic (exact) mass is 275 g/mol. The van der Waals surface area contributed by atoms with Crippen LogP contribution in [0.3, 0.4) is 0 Å². The lowest BCUT2D eigenvalue weighted by atomic mass is 10.0. The molecule has 1 saturated heterocycles. The lowest BCUT2D eigenvalue weighted by molar-refractivity contribution is -0.0899. The quantitative estimate of drug-likeness (QED) is 0.855. The Morgan fingerprint density at radius 3 is 2.79 bits per heavy atom. The minimum Gasteiger partial charge on any atom is -0.386 e. The Morgan fingerprint density at radius 1 is 1.37 bits per heavy atom. The van der Waals surface area contributed by atoms with Gasteiger partial charge in [0.25, 0.3) is 0 Å². The van der Waals surface area contributed by atoms with Crippen molar-refractivity contribution in [1.29, 1.82) is 0 Å². The number of hydrogen-bond acceptors (Lipinski definition) is 3. The maximum atomic E-state index is 13.6. The molecule has 1 heterocycles. The van der Waals surface area contributed by atoms with Gasteiger partial charge in [-0.3, -0.25) is 4.90 Å². The van der Waals surface area contributed by atoms with Gasteiger partial charge in [0.1, 0.15) is 12.2 Å². The van der Waals surface area contributed by atoms with Crippen LogP contribution in [0.15, 0.2) is 12.1 Å². The van der Waals surface area contributed by atoms with E-state index in [1.807, 2.05) is 11.8 Å². The molecule has 2 atom stereocenters.